The van der Waals surface area contributed by atoms with Gasteiger partial charge in [0.25, 0.3) is 0 Å². The molecule has 2 rings (SSSR count). The van der Waals surface area contributed by atoms with Crippen LogP contribution in [-0.2, 0) is 18.4 Å². The molecule has 1 fully saturated rings. The fraction of sp³-hybridized carbons (Fsp3) is 0.692. The number of aromatic nitrogens is 2. The van der Waals surface area contributed by atoms with Gasteiger partial charge in [-0.25, -0.2) is 0 Å². The highest BCUT2D eigenvalue weighted by Crippen LogP contribution is 2.28. The first-order valence-electron chi connectivity index (χ1n) is 6.57. The predicted molar refractivity (Wildman–Crippen MR) is 70.1 cm³/mol. The monoisotopic (exact) mass is 250 g/mol. The van der Waals surface area contributed by atoms with Crippen molar-refractivity contribution < 1.29 is 4.79 Å². The van der Waals surface area contributed by atoms with E-state index in [0.29, 0.717) is 12.5 Å². The van der Waals surface area contributed by atoms with Crippen molar-refractivity contribution in [3.8, 4) is 0 Å². The Hall–Kier alpha value is -1.36. The Kier molecular flexibility index (Phi) is 4.01. The van der Waals surface area contributed by atoms with E-state index in [1.54, 1.807) is 0 Å². The second-order valence-corrected chi connectivity index (χ2v) is 5.02. The molecule has 1 amide bonds. The molecule has 0 spiro atoms. The van der Waals surface area contributed by atoms with Crippen molar-refractivity contribution >= 4 is 5.91 Å². The number of amides is 1. The van der Waals surface area contributed by atoms with E-state index in [0.717, 1.165) is 31.6 Å². The Bertz CT molecular complexity index is 434. The zero-order valence-corrected chi connectivity index (χ0v) is 11.4. The van der Waals surface area contributed by atoms with E-state index in [2.05, 4.69) is 22.7 Å². The van der Waals surface area contributed by atoms with E-state index in [1.807, 2.05) is 18.7 Å². The van der Waals surface area contributed by atoms with Crippen LogP contribution in [0.25, 0.3) is 0 Å². The van der Waals surface area contributed by atoms with Gasteiger partial charge in [-0.15, -0.1) is 0 Å². The van der Waals surface area contributed by atoms with Crippen molar-refractivity contribution in [2.24, 2.45) is 13.0 Å². The van der Waals surface area contributed by atoms with Crippen LogP contribution in [0.4, 0.5) is 0 Å². The van der Waals surface area contributed by atoms with Crippen LogP contribution in [0.2, 0.25) is 0 Å². The molecule has 5 heteroatoms. The summed E-state index contributed by atoms with van der Waals surface area (Å²) < 4.78 is 1.90. The van der Waals surface area contributed by atoms with Crippen LogP contribution in [0.15, 0.2) is 0 Å². The normalized spacial score (nSPS) is 14.8. The molecule has 1 aromatic heterocycles. The maximum atomic E-state index is 11.4. The zero-order chi connectivity index (χ0) is 13.1. The molecule has 0 unspecified atom stereocenters. The summed E-state index contributed by atoms with van der Waals surface area (Å²) in [6, 6.07) is 0. The summed E-state index contributed by atoms with van der Waals surface area (Å²) in [7, 11) is 1.96. The molecule has 0 bridgehead atoms. The van der Waals surface area contributed by atoms with Crippen LogP contribution >= 0.6 is 0 Å². The minimum atomic E-state index is 0.213. The fourth-order valence-corrected chi connectivity index (χ4v) is 2.05. The summed E-state index contributed by atoms with van der Waals surface area (Å²) in [6.07, 6.45) is 2.13. The summed E-state index contributed by atoms with van der Waals surface area (Å²) in [5.41, 5.74) is 3.53. The van der Waals surface area contributed by atoms with Crippen molar-refractivity contribution in [1.29, 1.82) is 0 Å². The minimum absolute atomic E-state index is 0.213. The van der Waals surface area contributed by atoms with Crippen LogP contribution in [0.5, 0.6) is 0 Å². The van der Waals surface area contributed by atoms with Gasteiger partial charge in [0, 0.05) is 43.9 Å². The van der Waals surface area contributed by atoms with Crippen molar-refractivity contribution in [2.75, 3.05) is 13.1 Å². The Morgan fingerprint density at radius 3 is 2.67 bits per heavy atom. The Labute approximate surface area is 108 Å². The van der Waals surface area contributed by atoms with E-state index in [9.17, 15) is 4.79 Å². The topological polar surface area (TPSA) is 59.0 Å². The maximum Gasteiger partial charge on any atom is 0.223 e. The Morgan fingerprint density at radius 1 is 1.39 bits per heavy atom. The summed E-state index contributed by atoms with van der Waals surface area (Å²) >= 11 is 0. The van der Waals surface area contributed by atoms with Crippen LogP contribution in [0.1, 0.15) is 29.8 Å². The lowest BCUT2D eigenvalue weighted by Crippen LogP contribution is -2.32. The molecule has 0 atom stereocenters. The molecule has 0 aliphatic heterocycles. The Morgan fingerprint density at radius 2 is 2.11 bits per heavy atom. The molecule has 5 nitrogen and oxygen atoms in total. The lowest BCUT2D eigenvalue weighted by atomic mass is 10.2. The first kappa shape index (κ1) is 13.1. The lowest BCUT2D eigenvalue weighted by Gasteiger charge is -2.07. The zero-order valence-electron chi connectivity index (χ0n) is 11.4. The first-order valence-corrected chi connectivity index (χ1v) is 6.57. The van der Waals surface area contributed by atoms with Gasteiger partial charge >= 0.3 is 0 Å². The van der Waals surface area contributed by atoms with Gasteiger partial charge < -0.3 is 10.6 Å². The van der Waals surface area contributed by atoms with Crippen molar-refractivity contribution in [3.63, 3.8) is 0 Å². The summed E-state index contributed by atoms with van der Waals surface area (Å²) in [5.74, 6) is 0.512. The number of aryl methyl sites for hydroxylation is 2. The van der Waals surface area contributed by atoms with Gasteiger partial charge in [-0.2, -0.15) is 5.10 Å². The highest BCUT2D eigenvalue weighted by molar-refractivity contribution is 5.80. The van der Waals surface area contributed by atoms with Crippen LogP contribution < -0.4 is 10.6 Å². The first-order chi connectivity index (χ1) is 8.59. The van der Waals surface area contributed by atoms with E-state index < -0.39 is 0 Å². The van der Waals surface area contributed by atoms with E-state index >= 15 is 0 Å². The van der Waals surface area contributed by atoms with Crippen LogP contribution in [0.3, 0.4) is 0 Å². The van der Waals surface area contributed by atoms with Crippen molar-refractivity contribution in [3.05, 3.63) is 17.0 Å². The number of carbonyl (C=O) groups excluding carboxylic acids is 1. The van der Waals surface area contributed by atoms with Gasteiger partial charge in [-0.3, -0.25) is 9.48 Å². The van der Waals surface area contributed by atoms with Crippen molar-refractivity contribution in [2.45, 2.75) is 33.2 Å². The molecule has 0 radical (unpaired) electrons. The standard InChI is InChI=1S/C13H22N4O/c1-9-12(10(2)17(3)16-9)8-14-6-7-15-13(18)11-4-5-11/h11,14H,4-8H2,1-3H3,(H,15,18). The number of nitrogens with zero attached hydrogens (tertiary/aromatic N) is 2. The third-order valence-electron chi connectivity index (χ3n) is 3.51. The second-order valence-electron chi connectivity index (χ2n) is 5.02. The molecular formula is C13H22N4O. The highest BCUT2D eigenvalue weighted by atomic mass is 16.2. The predicted octanol–water partition coefficient (Wildman–Crippen LogP) is 0.653. The third kappa shape index (κ3) is 3.10. The smallest absolute Gasteiger partial charge is 0.223 e. The number of hydrogen-bond donors (Lipinski definition) is 2. The molecule has 0 saturated heterocycles. The second kappa shape index (κ2) is 5.52. The van der Waals surface area contributed by atoms with Gasteiger partial charge in [0.1, 0.15) is 0 Å². The van der Waals surface area contributed by atoms with Crippen molar-refractivity contribution in [1.82, 2.24) is 20.4 Å². The molecule has 1 heterocycles. The SMILES string of the molecule is Cc1nn(C)c(C)c1CNCCNC(=O)C1CC1. The maximum absolute atomic E-state index is 11.4. The molecule has 1 aliphatic rings. The summed E-state index contributed by atoms with van der Waals surface area (Å²) in [4.78, 5) is 11.4. The highest BCUT2D eigenvalue weighted by Gasteiger charge is 2.28. The number of nitrogens with one attached hydrogen (secondary N) is 2. The van der Waals surface area contributed by atoms with Gasteiger partial charge in [-0.05, 0) is 26.7 Å². The molecule has 1 aromatic rings. The molecular weight excluding hydrogens is 228 g/mol. The molecule has 1 aliphatic carbocycles. The van der Waals surface area contributed by atoms with Gasteiger partial charge in [0.15, 0.2) is 0 Å². The van der Waals surface area contributed by atoms with Crippen LogP contribution in [-0.4, -0.2) is 28.8 Å². The van der Waals surface area contributed by atoms with E-state index in [-0.39, 0.29) is 5.91 Å². The van der Waals surface area contributed by atoms with Gasteiger partial charge in [-0.1, -0.05) is 0 Å². The van der Waals surface area contributed by atoms with Gasteiger partial charge in [0.2, 0.25) is 5.91 Å². The quantitative estimate of drug-likeness (QED) is 0.729. The largest absolute Gasteiger partial charge is 0.355 e. The molecule has 100 valence electrons. The molecule has 18 heavy (non-hydrogen) atoms. The van der Waals surface area contributed by atoms with E-state index in [4.69, 9.17) is 0 Å². The fourth-order valence-electron chi connectivity index (χ4n) is 2.05. The number of rotatable bonds is 6. The minimum Gasteiger partial charge on any atom is -0.355 e. The Balaban J connectivity index is 1.67. The summed E-state index contributed by atoms with van der Waals surface area (Å²) in [6.45, 7) is 6.41. The molecule has 0 aromatic carbocycles. The number of hydrogen-bond acceptors (Lipinski definition) is 3. The van der Waals surface area contributed by atoms with Gasteiger partial charge in [0.05, 0.1) is 5.69 Å². The van der Waals surface area contributed by atoms with Crippen LogP contribution in [0, 0.1) is 19.8 Å². The molecule has 2 N–H and O–H groups in total. The third-order valence-corrected chi connectivity index (χ3v) is 3.51. The molecule has 1 saturated carbocycles. The average Bonchev–Trinajstić information content (AvgIpc) is 3.12. The summed E-state index contributed by atoms with van der Waals surface area (Å²) in [5, 5.41) is 10.7. The lowest BCUT2D eigenvalue weighted by molar-refractivity contribution is -0.122. The van der Waals surface area contributed by atoms with E-state index in [1.165, 1.54) is 11.3 Å². The average molecular weight is 250 g/mol. The number of carbonyl (C=O) groups is 1.